The first kappa shape index (κ1) is 15.7. The number of rotatable bonds is 4. The van der Waals surface area contributed by atoms with Gasteiger partial charge in [-0.25, -0.2) is 0 Å². The Labute approximate surface area is 146 Å². The van der Waals surface area contributed by atoms with Gasteiger partial charge in [-0.3, -0.25) is 14.5 Å². The van der Waals surface area contributed by atoms with E-state index < -0.39 is 0 Å². The van der Waals surface area contributed by atoms with Crippen molar-refractivity contribution in [1.29, 1.82) is 0 Å². The summed E-state index contributed by atoms with van der Waals surface area (Å²) in [5.74, 6) is 0.871. The summed E-state index contributed by atoms with van der Waals surface area (Å²) in [4.78, 5) is 21.3. The summed E-state index contributed by atoms with van der Waals surface area (Å²) in [5.41, 5.74) is 2.32. The SMILES string of the molecule is Cc1cnn(CC2CCN(C(=O)CC3=CSC4=NCCN34)CC2)c1. The van der Waals surface area contributed by atoms with Gasteiger partial charge in [-0.15, -0.1) is 0 Å². The van der Waals surface area contributed by atoms with E-state index in [1.165, 1.54) is 5.56 Å². The zero-order valence-electron chi connectivity index (χ0n) is 14.0. The molecule has 6 nitrogen and oxygen atoms in total. The molecule has 0 aliphatic carbocycles. The summed E-state index contributed by atoms with van der Waals surface area (Å²) < 4.78 is 2.03. The fraction of sp³-hybridized carbons (Fsp3) is 0.588. The van der Waals surface area contributed by atoms with Gasteiger partial charge >= 0.3 is 0 Å². The number of likely N-dealkylation sites (tertiary alicyclic amines) is 1. The van der Waals surface area contributed by atoms with E-state index in [9.17, 15) is 4.79 Å². The molecule has 0 bridgehead atoms. The average molecular weight is 345 g/mol. The number of carbonyl (C=O) groups is 1. The lowest BCUT2D eigenvalue weighted by atomic mass is 9.96. The maximum atomic E-state index is 12.6. The van der Waals surface area contributed by atoms with Crippen molar-refractivity contribution in [2.24, 2.45) is 10.9 Å². The van der Waals surface area contributed by atoms with Crippen LogP contribution in [-0.2, 0) is 11.3 Å². The lowest BCUT2D eigenvalue weighted by Crippen LogP contribution is -2.40. The fourth-order valence-electron chi connectivity index (χ4n) is 3.58. The van der Waals surface area contributed by atoms with Gasteiger partial charge in [-0.1, -0.05) is 11.8 Å². The Balaban J connectivity index is 1.26. The second-order valence-electron chi connectivity index (χ2n) is 6.78. The van der Waals surface area contributed by atoms with Crippen molar-refractivity contribution in [1.82, 2.24) is 19.6 Å². The van der Waals surface area contributed by atoms with Crippen LogP contribution in [-0.4, -0.2) is 56.8 Å². The number of hydrogen-bond donors (Lipinski definition) is 0. The first-order valence-corrected chi connectivity index (χ1v) is 9.51. The van der Waals surface area contributed by atoms with E-state index in [0.29, 0.717) is 12.3 Å². The number of aryl methyl sites for hydroxylation is 1. The second kappa shape index (κ2) is 6.63. The summed E-state index contributed by atoms with van der Waals surface area (Å²) in [5, 5.41) is 7.52. The number of aromatic nitrogens is 2. The molecule has 128 valence electrons. The van der Waals surface area contributed by atoms with Crippen LogP contribution in [0.2, 0.25) is 0 Å². The quantitative estimate of drug-likeness (QED) is 0.838. The molecule has 7 heteroatoms. The molecule has 3 aliphatic rings. The molecule has 0 saturated carbocycles. The van der Waals surface area contributed by atoms with Crippen molar-refractivity contribution in [3.8, 4) is 0 Å². The molecule has 1 amide bonds. The largest absolute Gasteiger partial charge is 0.342 e. The minimum Gasteiger partial charge on any atom is -0.342 e. The lowest BCUT2D eigenvalue weighted by molar-refractivity contribution is -0.132. The van der Waals surface area contributed by atoms with E-state index in [4.69, 9.17) is 0 Å². The number of fused-ring (bicyclic) bond motifs is 1. The molecule has 3 aliphatic heterocycles. The molecule has 4 heterocycles. The van der Waals surface area contributed by atoms with Crippen LogP contribution in [0.3, 0.4) is 0 Å². The Morgan fingerprint density at radius 2 is 2.17 bits per heavy atom. The molecular weight excluding hydrogens is 322 g/mol. The molecule has 1 aromatic heterocycles. The van der Waals surface area contributed by atoms with Crippen LogP contribution < -0.4 is 0 Å². The van der Waals surface area contributed by atoms with E-state index in [-0.39, 0.29) is 5.91 Å². The van der Waals surface area contributed by atoms with Crippen molar-refractivity contribution < 1.29 is 4.79 Å². The molecule has 1 aromatic rings. The molecule has 0 aromatic carbocycles. The predicted octanol–water partition coefficient (Wildman–Crippen LogP) is 2.08. The summed E-state index contributed by atoms with van der Waals surface area (Å²) >= 11 is 1.65. The smallest absolute Gasteiger partial charge is 0.228 e. The van der Waals surface area contributed by atoms with Crippen molar-refractivity contribution in [3.63, 3.8) is 0 Å². The molecule has 4 rings (SSSR count). The van der Waals surface area contributed by atoms with E-state index in [1.807, 2.05) is 15.8 Å². The molecule has 0 atom stereocenters. The third-order valence-electron chi connectivity index (χ3n) is 4.96. The minimum atomic E-state index is 0.253. The Bertz CT molecular complexity index is 687. The van der Waals surface area contributed by atoms with E-state index in [2.05, 4.69) is 33.5 Å². The van der Waals surface area contributed by atoms with Crippen LogP contribution in [0.1, 0.15) is 24.8 Å². The molecule has 0 N–H and O–H groups in total. The van der Waals surface area contributed by atoms with Gasteiger partial charge in [-0.05, 0) is 36.7 Å². The van der Waals surface area contributed by atoms with Gasteiger partial charge in [0.15, 0.2) is 5.17 Å². The predicted molar refractivity (Wildman–Crippen MR) is 95.6 cm³/mol. The Kier molecular flexibility index (Phi) is 4.35. The van der Waals surface area contributed by atoms with E-state index in [1.54, 1.807) is 11.8 Å². The molecule has 0 spiro atoms. The second-order valence-corrected chi connectivity index (χ2v) is 7.62. The van der Waals surface area contributed by atoms with Crippen LogP contribution in [0.4, 0.5) is 0 Å². The molecule has 1 fully saturated rings. The standard InChI is InChI=1S/C17H23N5OS/c1-13-9-19-21(10-13)11-14-2-5-20(6-3-14)16(23)8-15-12-24-17-18-4-7-22(15)17/h9-10,12,14H,2-8,11H2,1H3. The number of amidine groups is 1. The van der Waals surface area contributed by atoms with Crippen molar-refractivity contribution in [3.05, 3.63) is 29.1 Å². The van der Waals surface area contributed by atoms with Crippen LogP contribution in [0.15, 0.2) is 28.5 Å². The van der Waals surface area contributed by atoms with Gasteiger partial charge in [0, 0.05) is 38.1 Å². The van der Waals surface area contributed by atoms with Gasteiger partial charge in [-0.2, -0.15) is 5.10 Å². The summed E-state index contributed by atoms with van der Waals surface area (Å²) in [7, 11) is 0. The average Bonchev–Trinajstić information content (AvgIpc) is 3.27. The molecule has 24 heavy (non-hydrogen) atoms. The lowest BCUT2D eigenvalue weighted by Gasteiger charge is -2.32. The van der Waals surface area contributed by atoms with Gasteiger partial charge < -0.3 is 9.80 Å². The van der Waals surface area contributed by atoms with Gasteiger partial charge in [0.2, 0.25) is 5.91 Å². The molecule has 1 saturated heterocycles. The van der Waals surface area contributed by atoms with Crippen molar-refractivity contribution >= 4 is 22.8 Å². The van der Waals surface area contributed by atoms with Crippen LogP contribution >= 0.6 is 11.8 Å². The van der Waals surface area contributed by atoms with Gasteiger partial charge in [0.25, 0.3) is 0 Å². The Morgan fingerprint density at radius 3 is 2.92 bits per heavy atom. The first-order valence-electron chi connectivity index (χ1n) is 8.63. The summed E-state index contributed by atoms with van der Waals surface area (Å²) in [6.45, 7) is 6.54. The minimum absolute atomic E-state index is 0.253. The van der Waals surface area contributed by atoms with E-state index in [0.717, 1.165) is 56.4 Å². The van der Waals surface area contributed by atoms with Gasteiger partial charge in [0.05, 0.1) is 19.2 Å². The maximum Gasteiger partial charge on any atom is 0.228 e. The van der Waals surface area contributed by atoms with Crippen LogP contribution in [0, 0.1) is 12.8 Å². The third kappa shape index (κ3) is 3.22. The monoisotopic (exact) mass is 345 g/mol. The van der Waals surface area contributed by atoms with Crippen molar-refractivity contribution in [2.75, 3.05) is 26.2 Å². The highest BCUT2D eigenvalue weighted by molar-refractivity contribution is 8.16. The normalized spacial score (nSPS) is 21.0. The molecule has 0 radical (unpaired) electrons. The number of aliphatic imine (C=N–C) groups is 1. The number of hydrogen-bond acceptors (Lipinski definition) is 5. The topological polar surface area (TPSA) is 53.7 Å². The summed E-state index contributed by atoms with van der Waals surface area (Å²) in [6, 6.07) is 0. The van der Waals surface area contributed by atoms with Crippen molar-refractivity contribution in [2.45, 2.75) is 32.7 Å². The highest BCUT2D eigenvalue weighted by Gasteiger charge is 2.30. The zero-order chi connectivity index (χ0) is 16.5. The molecule has 0 unspecified atom stereocenters. The highest BCUT2D eigenvalue weighted by Crippen LogP contribution is 2.31. The van der Waals surface area contributed by atoms with E-state index >= 15 is 0 Å². The molecular formula is C17H23N5OS. The fourth-order valence-corrected chi connectivity index (χ4v) is 4.53. The maximum absolute atomic E-state index is 12.6. The number of amides is 1. The number of piperidine rings is 1. The number of carbonyl (C=O) groups excluding carboxylic acids is 1. The Morgan fingerprint density at radius 1 is 1.33 bits per heavy atom. The highest BCUT2D eigenvalue weighted by atomic mass is 32.2. The summed E-state index contributed by atoms with van der Waals surface area (Å²) in [6.07, 6.45) is 6.64. The number of thioether (sulfide) groups is 1. The van der Waals surface area contributed by atoms with Gasteiger partial charge in [0.1, 0.15) is 0 Å². The first-order chi connectivity index (χ1) is 11.7. The van der Waals surface area contributed by atoms with Crippen LogP contribution in [0.5, 0.6) is 0 Å². The third-order valence-corrected chi connectivity index (χ3v) is 5.91. The Hall–Kier alpha value is -1.76. The zero-order valence-corrected chi connectivity index (χ0v) is 14.8. The number of nitrogens with zero attached hydrogens (tertiary/aromatic N) is 5. The van der Waals surface area contributed by atoms with Crippen LogP contribution in [0.25, 0.3) is 0 Å².